The van der Waals surface area contributed by atoms with Gasteiger partial charge in [0.15, 0.2) is 0 Å². The molecule has 0 bridgehead atoms. The van der Waals surface area contributed by atoms with Gasteiger partial charge in [-0.2, -0.15) is 0 Å². The van der Waals surface area contributed by atoms with E-state index in [-0.39, 0.29) is 5.91 Å². The Morgan fingerprint density at radius 3 is 3.17 bits per heavy atom. The Morgan fingerprint density at radius 2 is 2.44 bits per heavy atom. The lowest BCUT2D eigenvalue weighted by atomic mass is 10.4. The third-order valence-electron chi connectivity index (χ3n) is 2.10. The van der Waals surface area contributed by atoms with Gasteiger partial charge in [-0.15, -0.1) is 6.58 Å². The Labute approximate surface area is 106 Å². The number of ether oxygens (including phenoxy) is 1. The van der Waals surface area contributed by atoms with Crippen molar-refractivity contribution in [3.8, 4) is 0 Å². The molecule has 0 aliphatic rings. The number of anilines is 1. The van der Waals surface area contributed by atoms with Gasteiger partial charge in [0.25, 0.3) is 5.91 Å². The molecule has 2 N–H and O–H groups in total. The number of nitrogens with one attached hydrogen (secondary N) is 2. The summed E-state index contributed by atoms with van der Waals surface area (Å²) in [5.74, 6) is 0.203. The average Bonchev–Trinajstić information content (AvgIpc) is 2.41. The molecular weight excluding hydrogens is 232 g/mol. The lowest BCUT2D eigenvalue weighted by Gasteiger charge is -2.06. The molecule has 18 heavy (non-hydrogen) atoms. The van der Waals surface area contributed by atoms with Crippen LogP contribution in [0.2, 0.25) is 0 Å². The number of nitrogens with zero attached hydrogens (tertiary/aromatic N) is 2. The van der Waals surface area contributed by atoms with E-state index < -0.39 is 0 Å². The first kappa shape index (κ1) is 14.1. The van der Waals surface area contributed by atoms with E-state index in [1.165, 1.54) is 0 Å². The fraction of sp³-hybridized carbons (Fsp3) is 0.417. The molecule has 1 heterocycles. The van der Waals surface area contributed by atoms with Gasteiger partial charge in [-0.05, 0) is 12.5 Å². The monoisotopic (exact) mass is 250 g/mol. The van der Waals surface area contributed by atoms with E-state index in [0.717, 1.165) is 6.42 Å². The molecule has 1 rings (SSSR count). The summed E-state index contributed by atoms with van der Waals surface area (Å²) in [5.41, 5.74) is 0.334. The number of hydrogen-bond donors (Lipinski definition) is 2. The van der Waals surface area contributed by atoms with Crippen LogP contribution >= 0.6 is 0 Å². The largest absolute Gasteiger partial charge is 0.385 e. The van der Waals surface area contributed by atoms with Crippen LogP contribution in [0, 0.1) is 0 Å². The number of hydrogen-bond acceptors (Lipinski definition) is 5. The van der Waals surface area contributed by atoms with E-state index in [9.17, 15) is 4.79 Å². The molecule has 6 nitrogen and oxygen atoms in total. The third kappa shape index (κ3) is 4.92. The predicted octanol–water partition coefficient (Wildman–Crippen LogP) is 0.841. The summed E-state index contributed by atoms with van der Waals surface area (Å²) in [6.45, 7) is 5.32. The number of rotatable bonds is 8. The second-order valence-corrected chi connectivity index (χ2v) is 3.54. The van der Waals surface area contributed by atoms with Gasteiger partial charge < -0.3 is 15.4 Å². The summed E-state index contributed by atoms with van der Waals surface area (Å²) in [6.07, 6.45) is 4.02. The molecule has 0 aliphatic heterocycles. The van der Waals surface area contributed by atoms with Crippen molar-refractivity contribution in [3.63, 3.8) is 0 Å². The van der Waals surface area contributed by atoms with Crippen molar-refractivity contribution in [3.05, 3.63) is 30.6 Å². The molecule has 1 aromatic heterocycles. The van der Waals surface area contributed by atoms with Crippen LogP contribution in [-0.4, -0.2) is 42.7 Å². The number of carbonyl (C=O) groups is 1. The number of amides is 1. The molecule has 0 aliphatic carbocycles. The first-order valence-electron chi connectivity index (χ1n) is 5.73. The zero-order valence-corrected chi connectivity index (χ0v) is 10.5. The van der Waals surface area contributed by atoms with Crippen LogP contribution in [0.5, 0.6) is 0 Å². The number of aromatic nitrogens is 2. The van der Waals surface area contributed by atoms with Crippen molar-refractivity contribution in [1.82, 2.24) is 15.3 Å². The van der Waals surface area contributed by atoms with Crippen LogP contribution in [0.1, 0.15) is 16.9 Å². The number of carbonyl (C=O) groups excluding carboxylic acids is 1. The minimum atomic E-state index is -0.239. The maximum Gasteiger partial charge on any atom is 0.270 e. The molecule has 0 aromatic carbocycles. The maximum atomic E-state index is 11.6. The molecule has 0 radical (unpaired) electrons. The standard InChI is InChI=1S/C12H18N4O2/c1-3-6-13-11(17)10-5-8-15-12(16-10)14-7-4-9-18-2/h3,5,8H,1,4,6-7,9H2,2H3,(H,13,17)(H,14,15,16). The first-order valence-corrected chi connectivity index (χ1v) is 5.73. The average molecular weight is 250 g/mol. The SMILES string of the molecule is C=CCNC(=O)c1ccnc(NCCCOC)n1. The van der Waals surface area contributed by atoms with E-state index >= 15 is 0 Å². The zero-order valence-electron chi connectivity index (χ0n) is 10.5. The summed E-state index contributed by atoms with van der Waals surface area (Å²) < 4.78 is 4.93. The zero-order chi connectivity index (χ0) is 13.2. The molecule has 0 atom stereocenters. The maximum absolute atomic E-state index is 11.6. The van der Waals surface area contributed by atoms with Gasteiger partial charge in [-0.25, -0.2) is 9.97 Å². The summed E-state index contributed by atoms with van der Waals surface area (Å²) in [5, 5.41) is 5.69. The summed E-state index contributed by atoms with van der Waals surface area (Å²) in [6, 6.07) is 1.57. The molecule has 0 unspecified atom stereocenters. The Hall–Kier alpha value is -1.95. The quantitative estimate of drug-likeness (QED) is 0.528. The summed E-state index contributed by atoms with van der Waals surface area (Å²) >= 11 is 0. The second kappa shape index (κ2) is 8.19. The van der Waals surface area contributed by atoms with Crippen LogP contribution < -0.4 is 10.6 Å². The van der Waals surface area contributed by atoms with E-state index in [2.05, 4.69) is 27.2 Å². The van der Waals surface area contributed by atoms with Gasteiger partial charge in [0, 0.05) is 33.0 Å². The van der Waals surface area contributed by atoms with E-state index in [1.54, 1.807) is 25.4 Å². The molecular formula is C12H18N4O2. The molecule has 1 amide bonds. The molecule has 0 saturated heterocycles. The highest BCUT2D eigenvalue weighted by Gasteiger charge is 2.06. The highest BCUT2D eigenvalue weighted by Crippen LogP contribution is 2.00. The third-order valence-corrected chi connectivity index (χ3v) is 2.10. The minimum Gasteiger partial charge on any atom is -0.385 e. The molecule has 6 heteroatoms. The van der Waals surface area contributed by atoms with Crippen molar-refractivity contribution in [2.45, 2.75) is 6.42 Å². The van der Waals surface area contributed by atoms with Gasteiger partial charge >= 0.3 is 0 Å². The van der Waals surface area contributed by atoms with Gasteiger partial charge in [-0.1, -0.05) is 6.08 Å². The Balaban J connectivity index is 2.50. The summed E-state index contributed by atoms with van der Waals surface area (Å²) in [4.78, 5) is 19.8. The fourth-order valence-electron chi connectivity index (χ4n) is 1.24. The first-order chi connectivity index (χ1) is 8.77. The molecule has 0 spiro atoms. The van der Waals surface area contributed by atoms with Crippen LogP contribution in [0.25, 0.3) is 0 Å². The van der Waals surface area contributed by atoms with Gasteiger partial charge in [0.05, 0.1) is 0 Å². The van der Waals surface area contributed by atoms with Gasteiger partial charge in [0.1, 0.15) is 5.69 Å². The fourth-order valence-corrected chi connectivity index (χ4v) is 1.24. The van der Waals surface area contributed by atoms with Crippen molar-refractivity contribution in [2.24, 2.45) is 0 Å². The highest BCUT2D eigenvalue weighted by molar-refractivity contribution is 5.92. The van der Waals surface area contributed by atoms with Crippen LogP contribution in [0.3, 0.4) is 0 Å². The van der Waals surface area contributed by atoms with Crippen molar-refractivity contribution < 1.29 is 9.53 Å². The molecule has 0 fully saturated rings. The molecule has 98 valence electrons. The second-order valence-electron chi connectivity index (χ2n) is 3.54. The lowest BCUT2D eigenvalue weighted by Crippen LogP contribution is -2.24. The van der Waals surface area contributed by atoms with Crippen LogP contribution in [0.4, 0.5) is 5.95 Å². The number of methoxy groups -OCH3 is 1. The molecule has 1 aromatic rings. The van der Waals surface area contributed by atoms with E-state index in [4.69, 9.17) is 4.74 Å². The normalized spacial score (nSPS) is 9.83. The van der Waals surface area contributed by atoms with Gasteiger partial charge in [-0.3, -0.25) is 4.79 Å². The highest BCUT2D eigenvalue weighted by atomic mass is 16.5. The molecule has 0 saturated carbocycles. The topological polar surface area (TPSA) is 76.1 Å². The summed E-state index contributed by atoms with van der Waals surface area (Å²) in [7, 11) is 1.65. The van der Waals surface area contributed by atoms with Crippen LogP contribution in [0.15, 0.2) is 24.9 Å². The van der Waals surface area contributed by atoms with E-state index in [1.807, 2.05) is 0 Å². The Bertz CT molecular complexity index is 395. The van der Waals surface area contributed by atoms with Gasteiger partial charge in [0.2, 0.25) is 5.95 Å². The Kier molecular flexibility index (Phi) is 6.42. The van der Waals surface area contributed by atoms with Crippen molar-refractivity contribution in [2.75, 3.05) is 32.1 Å². The minimum absolute atomic E-state index is 0.239. The van der Waals surface area contributed by atoms with Crippen LogP contribution in [-0.2, 0) is 4.74 Å². The predicted molar refractivity (Wildman–Crippen MR) is 69.5 cm³/mol. The van der Waals surface area contributed by atoms with Crippen molar-refractivity contribution >= 4 is 11.9 Å². The lowest BCUT2D eigenvalue weighted by molar-refractivity contribution is 0.0953. The van der Waals surface area contributed by atoms with E-state index in [0.29, 0.717) is 31.3 Å². The Morgan fingerprint density at radius 1 is 1.61 bits per heavy atom. The smallest absolute Gasteiger partial charge is 0.270 e. The van der Waals surface area contributed by atoms with Crippen molar-refractivity contribution in [1.29, 1.82) is 0 Å².